The van der Waals surface area contributed by atoms with Gasteiger partial charge in [-0.1, -0.05) is 24.6 Å². The van der Waals surface area contributed by atoms with Gasteiger partial charge in [-0.3, -0.25) is 4.90 Å². The van der Waals surface area contributed by atoms with Crippen LogP contribution in [0.4, 0.5) is 0 Å². The van der Waals surface area contributed by atoms with Gasteiger partial charge in [0.05, 0.1) is 0 Å². The van der Waals surface area contributed by atoms with E-state index >= 15 is 0 Å². The van der Waals surface area contributed by atoms with Crippen LogP contribution in [0.3, 0.4) is 0 Å². The van der Waals surface area contributed by atoms with Gasteiger partial charge in [0, 0.05) is 19.2 Å². The van der Waals surface area contributed by atoms with Gasteiger partial charge >= 0.3 is 0 Å². The van der Waals surface area contributed by atoms with Crippen LogP contribution in [0.5, 0.6) is 0 Å². The molecule has 0 radical (unpaired) electrons. The minimum Gasteiger partial charge on any atom is -0.396 e. The number of hydrogen-bond acceptors (Lipinski definition) is 2. The summed E-state index contributed by atoms with van der Waals surface area (Å²) in [5, 5.41) is 9.20. The van der Waals surface area contributed by atoms with E-state index in [2.05, 4.69) is 23.1 Å². The minimum absolute atomic E-state index is 0.325. The molecule has 1 N–H and O–H groups in total. The van der Waals surface area contributed by atoms with Gasteiger partial charge in [-0.25, -0.2) is 0 Å². The molecule has 1 fully saturated rings. The van der Waals surface area contributed by atoms with E-state index in [-0.39, 0.29) is 0 Å². The van der Waals surface area contributed by atoms with Crippen LogP contribution in [0.25, 0.3) is 0 Å². The van der Waals surface area contributed by atoms with Gasteiger partial charge in [0.15, 0.2) is 0 Å². The van der Waals surface area contributed by atoms with Crippen molar-refractivity contribution in [2.45, 2.75) is 57.5 Å². The summed E-state index contributed by atoms with van der Waals surface area (Å²) in [5.74, 6) is 0. The summed E-state index contributed by atoms with van der Waals surface area (Å²) in [5.41, 5.74) is 4.60. The molecule has 1 aromatic carbocycles. The van der Waals surface area contributed by atoms with Crippen molar-refractivity contribution in [2.24, 2.45) is 0 Å². The molecule has 0 saturated carbocycles. The molecule has 2 heteroatoms. The Labute approximate surface area is 116 Å². The van der Waals surface area contributed by atoms with Crippen LogP contribution < -0.4 is 0 Å². The molecule has 1 aromatic rings. The molecule has 104 valence electrons. The van der Waals surface area contributed by atoms with Crippen LogP contribution in [-0.2, 0) is 19.4 Å². The predicted octanol–water partition coefficient (Wildman–Crippen LogP) is 2.91. The second-order valence-electron chi connectivity index (χ2n) is 6.09. The highest BCUT2D eigenvalue weighted by atomic mass is 16.3. The van der Waals surface area contributed by atoms with Crippen LogP contribution in [-0.4, -0.2) is 29.2 Å². The van der Waals surface area contributed by atoms with Crippen molar-refractivity contribution in [1.29, 1.82) is 0 Å². The maximum atomic E-state index is 9.20. The Hall–Kier alpha value is -0.860. The molecule has 0 bridgehead atoms. The van der Waals surface area contributed by atoms with Crippen LogP contribution in [0.2, 0.25) is 0 Å². The summed E-state index contributed by atoms with van der Waals surface area (Å²) >= 11 is 0. The van der Waals surface area contributed by atoms with E-state index in [1.165, 1.54) is 50.6 Å². The summed E-state index contributed by atoms with van der Waals surface area (Å²) in [6.45, 7) is 2.59. The minimum atomic E-state index is 0.325. The second-order valence-corrected chi connectivity index (χ2v) is 6.09. The molecule has 0 aromatic heterocycles. The predicted molar refractivity (Wildman–Crippen MR) is 78.2 cm³/mol. The number of aliphatic hydroxyl groups excluding tert-OH is 1. The first-order valence-electron chi connectivity index (χ1n) is 7.82. The van der Waals surface area contributed by atoms with E-state index in [0.717, 1.165) is 13.0 Å². The van der Waals surface area contributed by atoms with Gasteiger partial charge in [-0.2, -0.15) is 0 Å². The molecule has 0 spiro atoms. The normalized spacial score (nSPS) is 23.5. The highest BCUT2D eigenvalue weighted by Crippen LogP contribution is 2.26. The molecule has 1 heterocycles. The summed E-state index contributed by atoms with van der Waals surface area (Å²) in [7, 11) is 0. The van der Waals surface area contributed by atoms with Gasteiger partial charge in [0.25, 0.3) is 0 Å². The molecule has 1 atom stereocenters. The van der Waals surface area contributed by atoms with Crippen LogP contribution in [0, 0.1) is 0 Å². The first-order valence-corrected chi connectivity index (χ1v) is 7.82. The molecule has 1 aliphatic heterocycles. The largest absolute Gasteiger partial charge is 0.396 e. The number of aliphatic hydroxyl groups is 1. The molecule has 3 rings (SSSR count). The van der Waals surface area contributed by atoms with Crippen LogP contribution >= 0.6 is 0 Å². The maximum Gasteiger partial charge on any atom is 0.0445 e. The Balaban J connectivity index is 1.69. The van der Waals surface area contributed by atoms with Crippen LogP contribution in [0.15, 0.2) is 18.2 Å². The fraction of sp³-hybridized carbons (Fsp3) is 0.647. The zero-order valence-corrected chi connectivity index (χ0v) is 11.8. The van der Waals surface area contributed by atoms with Gasteiger partial charge < -0.3 is 5.11 Å². The molecule has 19 heavy (non-hydrogen) atoms. The Kier molecular flexibility index (Phi) is 4.19. The van der Waals surface area contributed by atoms with Crippen molar-refractivity contribution >= 4 is 0 Å². The number of hydrogen-bond donors (Lipinski definition) is 1. The number of likely N-dealkylation sites (tertiary alicyclic amines) is 1. The van der Waals surface area contributed by atoms with Crippen molar-refractivity contribution < 1.29 is 5.11 Å². The van der Waals surface area contributed by atoms with Crippen molar-refractivity contribution in [1.82, 2.24) is 4.90 Å². The monoisotopic (exact) mass is 259 g/mol. The fourth-order valence-electron chi connectivity index (χ4n) is 3.70. The molecular weight excluding hydrogens is 234 g/mol. The molecule has 1 saturated heterocycles. The summed E-state index contributed by atoms with van der Waals surface area (Å²) in [6, 6.07) is 7.66. The third-order valence-corrected chi connectivity index (χ3v) is 4.76. The number of nitrogens with zero attached hydrogens (tertiary/aromatic N) is 1. The van der Waals surface area contributed by atoms with Gasteiger partial charge in [-0.15, -0.1) is 0 Å². The van der Waals surface area contributed by atoms with E-state index in [4.69, 9.17) is 0 Å². The Morgan fingerprint density at radius 2 is 2.00 bits per heavy atom. The molecule has 2 nitrogen and oxygen atoms in total. The SMILES string of the molecule is OCCC1CCCCN1Cc1ccc2c(c1)CCC2. The molecule has 1 unspecified atom stereocenters. The highest BCUT2D eigenvalue weighted by Gasteiger charge is 2.22. The first-order chi connectivity index (χ1) is 9.36. The van der Waals surface area contributed by atoms with Gasteiger partial charge in [-0.05, 0) is 61.8 Å². The topological polar surface area (TPSA) is 23.5 Å². The highest BCUT2D eigenvalue weighted by molar-refractivity contribution is 5.35. The number of aryl methyl sites for hydroxylation is 2. The first kappa shape index (κ1) is 13.1. The average molecular weight is 259 g/mol. The lowest BCUT2D eigenvalue weighted by molar-refractivity contribution is 0.112. The Bertz CT molecular complexity index is 427. The zero-order chi connectivity index (χ0) is 13.1. The van der Waals surface area contributed by atoms with Gasteiger partial charge in [0.2, 0.25) is 0 Å². The molecule has 0 amide bonds. The Morgan fingerprint density at radius 3 is 2.89 bits per heavy atom. The van der Waals surface area contributed by atoms with Crippen molar-refractivity contribution in [2.75, 3.05) is 13.2 Å². The molecule has 2 aliphatic rings. The maximum absolute atomic E-state index is 9.20. The van der Waals surface area contributed by atoms with Crippen molar-refractivity contribution in [3.05, 3.63) is 34.9 Å². The Morgan fingerprint density at radius 1 is 1.11 bits per heavy atom. The number of piperidine rings is 1. The van der Waals surface area contributed by atoms with Crippen molar-refractivity contribution in [3.8, 4) is 0 Å². The average Bonchev–Trinajstić information content (AvgIpc) is 2.89. The molecular formula is C17H25NO. The third-order valence-electron chi connectivity index (χ3n) is 4.76. The second kappa shape index (κ2) is 6.06. The lowest BCUT2D eigenvalue weighted by Crippen LogP contribution is -2.39. The summed E-state index contributed by atoms with van der Waals surface area (Å²) in [4.78, 5) is 2.58. The van der Waals surface area contributed by atoms with Gasteiger partial charge in [0.1, 0.15) is 0 Å². The van der Waals surface area contributed by atoms with E-state index < -0.39 is 0 Å². The fourth-order valence-corrected chi connectivity index (χ4v) is 3.70. The standard InChI is InChI=1S/C17H25NO/c19-11-9-17-6-1-2-10-18(17)13-14-7-8-15-4-3-5-16(15)12-14/h7-8,12,17,19H,1-6,9-11,13H2. The quantitative estimate of drug-likeness (QED) is 0.898. The zero-order valence-electron chi connectivity index (χ0n) is 11.8. The van der Waals surface area contributed by atoms with E-state index in [1.807, 2.05) is 0 Å². The third kappa shape index (κ3) is 3.01. The molecule has 1 aliphatic carbocycles. The van der Waals surface area contributed by atoms with Crippen LogP contribution in [0.1, 0.15) is 48.8 Å². The van der Waals surface area contributed by atoms with E-state index in [9.17, 15) is 5.11 Å². The number of benzene rings is 1. The lowest BCUT2D eigenvalue weighted by atomic mass is 9.98. The van der Waals surface area contributed by atoms with Crippen molar-refractivity contribution in [3.63, 3.8) is 0 Å². The number of rotatable bonds is 4. The van der Waals surface area contributed by atoms with E-state index in [1.54, 1.807) is 11.1 Å². The number of fused-ring (bicyclic) bond motifs is 1. The van der Waals surface area contributed by atoms with E-state index in [0.29, 0.717) is 12.6 Å². The lowest BCUT2D eigenvalue weighted by Gasteiger charge is -2.35. The summed E-state index contributed by atoms with van der Waals surface area (Å²) in [6.07, 6.45) is 8.69. The summed E-state index contributed by atoms with van der Waals surface area (Å²) < 4.78 is 0. The smallest absolute Gasteiger partial charge is 0.0445 e.